The van der Waals surface area contributed by atoms with Crippen molar-refractivity contribution >= 4 is 0 Å². The maximum atomic E-state index is 12.8. The van der Waals surface area contributed by atoms with Crippen LogP contribution in [-0.2, 0) is 0 Å². The van der Waals surface area contributed by atoms with Crippen molar-refractivity contribution in [2.24, 2.45) is 17.8 Å². The highest BCUT2D eigenvalue weighted by atomic mass is 19.4. The second kappa shape index (κ2) is 5.78. The third-order valence-corrected chi connectivity index (χ3v) is 4.26. The van der Waals surface area contributed by atoms with Gasteiger partial charge in [0.1, 0.15) is 0 Å². The van der Waals surface area contributed by atoms with Gasteiger partial charge in [0.2, 0.25) is 0 Å². The summed E-state index contributed by atoms with van der Waals surface area (Å²) in [6.45, 7) is 4.75. The molecule has 1 aliphatic carbocycles. The van der Waals surface area contributed by atoms with E-state index in [0.717, 1.165) is 19.0 Å². The van der Waals surface area contributed by atoms with Crippen molar-refractivity contribution < 1.29 is 13.2 Å². The number of nitrogens with one attached hydrogen (secondary N) is 1. The molecular formula is C13H23F3N2. The molecule has 0 bridgehead atoms. The fraction of sp³-hybridized carbons (Fsp3) is 1.00. The SMILES string of the molecule is CC1CCC(CN2CCNCC(C(F)(F)F)C2)C1. The second-order valence-corrected chi connectivity index (χ2v) is 5.99. The fourth-order valence-electron chi connectivity index (χ4n) is 3.22. The van der Waals surface area contributed by atoms with Crippen molar-refractivity contribution in [3.05, 3.63) is 0 Å². The first-order chi connectivity index (χ1) is 8.45. The van der Waals surface area contributed by atoms with Crippen LogP contribution in [0, 0.1) is 17.8 Å². The molecule has 0 aromatic rings. The molecule has 2 fully saturated rings. The van der Waals surface area contributed by atoms with Crippen LogP contribution in [0.4, 0.5) is 13.2 Å². The molecule has 2 rings (SSSR count). The minimum Gasteiger partial charge on any atom is -0.315 e. The summed E-state index contributed by atoms with van der Waals surface area (Å²) < 4.78 is 38.4. The molecule has 1 aliphatic heterocycles. The van der Waals surface area contributed by atoms with E-state index < -0.39 is 12.1 Å². The van der Waals surface area contributed by atoms with Crippen LogP contribution in [0.15, 0.2) is 0 Å². The van der Waals surface area contributed by atoms with Gasteiger partial charge in [0, 0.05) is 32.7 Å². The van der Waals surface area contributed by atoms with Gasteiger partial charge in [-0.1, -0.05) is 13.3 Å². The third kappa shape index (κ3) is 3.85. The Morgan fingerprint density at radius 3 is 2.67 bits per heavy atom. The normalized spacial score (nSPS) is 35.7. The number of halogens is 3. The molecule has 3 unspecified atom stereocenters. The molecular weight excluding hydrogens is 241 g/mol. The molecule has 1 heterocycles. The molecule has 5 heteroatoms. The molecule has 106 valence electrons. The highest BCUT2D eigenvalue weighted by Crippen LogP contribution is 2.32. The van der Waals surface area contributed by atoms with Crippen molar-refractivity contribution in [1.29, 1.82) is 0 Å². The summed E-state index contributed by atoms with van der Waals surface area (Å²) in [4.78, 5) is 2.01. The molecule has 0 radical (unpaired) electrons. The molecule has 0 aromatic carbocycles. The largest absolute Gasteiger partial charge is 0.394 e. The standard InChI is InChI=1S/C13H23F3N2/c1-10-2-3-11(6-10)8-18-5-4-17-7-12(9-18)13(14,15)16/h10-12,17H,2-9H2,1H3. The lowest BCUT2D eigenvalue weighted by Crippen LogP contribution is -2.39. The zero-order valence-corrected chi connectivity index (χ0v) is 11.0. The van der Waals surface area contributed by atoms with Gasteiger partial charge in [0.15, 0.2) is 0 Å². The minimum absolute atomic E-state index is 0.0705. The van der Waals surface area contributed by atoms with Gasteiger partial charge in [0.25, 0.3) is 0 Å². The number of hydrogen-bond acceptors (Lipinski definition) is 2. The van der Waals surface area contributed by atoms with E-state index in [-0.39, 0.29) is 13.1 Å². The summed E-state index contributed by atoms with van der Waals surface area (Å²) in [7, 11) is 0. The minimum atomic E-state index is -4.07. The average Bonchev–Trinajstić information content (AvgIpc) is 2.53. The lowest BCUT2D eigenvalue weighted by Gasteiger charge is -2.27. The van der Waals surface area contributed by atoms with Gasteiger partial charge < -0.3 is 10.2 Å². The van der Waals surface area contributed by atoms with Gasteiger partial charge in [0.05, 0.1) is 5.92 Å². The van der Waals surface area contributed by atoms with E-state index in [1.54, 1.807) is 0 Å². The number of alkyl halides is 3. The van der Waals surface area contributed by atoms with Gasteiger partial charge in [-0.2, -0.15) is 13.2 Å². The Hall–Kier alpha value is -0.290. The van der Waals surface area contributed by atoms with Crippen LogP contribution in [0.2, 0.25) is 0 Å². The number of hydrogen-bond donors (Lipinski definition) is 1. The summed E-state index contributed by atoms with van der Waals surface area (Å²) in [5.74, 6) is 0.143. The predicted octanol–water partition coefficient (Wildman–Crippen LogP) is 2.51. The molecule has 1 saturated carbocycles. The van der Waals surface area contributed by atoms with E-state index >= 15 is 0 Å². The Labute approximate surface area is 107 Å². The van der Waals surface area contributed by atoms with Crippen molar-refractivity contribution in [2.45, 2.75) is 32.4 Å². The van der Waals surface area contributed by atoms with Gasteiger partial charge in [-0.15, -0.1) is 0 Å². The highest BCUT2D eigenvalue weighted by molar-refractivity contribution is 4.82. The molecule has 1 saturated heterocycles. The van der Waals surface area contributed by atoms with Crippen LogP contribution >= 0.6 is 0 Å². The molecule has 3 atom stereocenters. The van der Waals surface area contributed by atoms with Crippen molar-refractivity contribution in [3.63, 3.8) is 0 Å². The Kier molecular flexibility index (Phi) is 4.54. The first-order valence-electron chi connectivity index (χ1n) is 6.95. The first kappa shape index (κ1) is 14.1. The van der Waals surface area contributed by atoms with E-state index in [1.807, 2.05) is 4.90 Å². The quantitative estimate of drug-likeness (QED) is 0.824. The summed E-state index contributed by atoms with van der Waals surface area (Å²) in [6, 6.07) is 0. The second-order valence-electron chi connectivity index (χ2n) is 5.99. The summed E-state index contributed by atoms with van der Waals surface area (Å²) in [6.07, 6.45) is -0.472. The maximum Gasteiger partial charge on any atom is 0.394 e. The van der Waals surface area contributed by atoms with Crippen LogP contribution < -0.4 is 5.32 Å². The van der Waals surface area contributed by atoms with E-state index in [4.69, 9.17) is 0 Å². The zero-order chi connectivity index (χ0) is 13.2. The fourth-order valence-corrected chi connectivity index (χ4v) is 3.22. The van der Waals surface area contributed by atoms with Crippen LogP contribution in [0.25, 0.3) is 0 Å². The Balaban J connectivity index is 1.87. The van der Waals surface area contributed by atoms with Crippen molar-refractivity contribution in [1.82, 2.24) is 10.2 Å². The van der Waals surface area contributed by atoms with Gasteiger partial charge in [-0.3, -0.25) is 0 Å². The van der Waals surface area contributed by atoms with Gasteiger partial charge in [-0.05, 0) is 24.7 Å². The van der Waals surface area contributed by atoms with Crippen LogP contribution in [0.3, 0.4) is 0 Å². The smallest absolute Gasteiger partial charge is 0.315 e. The van der Waals surface area contributed by atoms with E-state index in [1.165, 1.54) is 19.3 Å². The molecule has 2 nitrogen and oxygen atoms in total. The monoisotopic (exact) mass is 264 g/mol. The Bertz CT molecular complexity index is 267. The highest BCUT2D eigenvalue weighted by Gasteiger charge is 2.41. The van der Waals surface area contributed by atoms with Crippen LogP contribution in [0.5, 0.6) is 0 Å². The lowest BCUT2D eigenvalue weighted by atomic mass is 10.0. The third-order valence-electron chi connectivity index (χ3n) is 4.26. The summed E-state index contributed by atoms with van der Waals surface area (Å²) in [5, 5.41) is 2.91. The van der Waals surface area contributed by atoms with Crippen molar-refractivity contribution in [2.75, 3.05) is 32.7 Å². The molecule has 18 heavy (non-hydrogen) atoms. The Morgan fingerprint density at radius 2 is 2.06 bits per heavy atom. The average molecular weight is 264 g/mol. The molecule has 1 N–H and O–H groups in total. The van der Waals surface area contributed by atoms with Crippen LogP contribution in [0.1, 0.15) is 26.2 Å². The van der Waals surface area contributed by atoms with E-state index in [0.29, 0.717) is 12.5 Å². The van der Waals surface area contributed by atoms with E-state index in [2.05, 4.69) is 12.2 Å². The predicted molar refractivity (Wildman–Crippen MR) is 65.4 cm³/mol. The zero-order valence-electron chi connectivity index (χ0n) is 11.0. The summed E-state index contributed by atoms with van der Waals surface area (Å²) in [5.41, 5.74) is 0. The molecule has 0 amide bonds. The molecule has 0 spiro atoms. The Morgan fingerprint density at radius 1 is 1.28 bits per heavy atom. The van der Waals surface area contributed by atoms with Crippen molar-refractivity contribution in [3.8, 4) is 0 Å². The molecule has 2 aliphatic rings. The number of nitrogens with zero attached hydrogens (tertiary/aromatic N) is 1. The maximum absolute atomic E-state index is 12.8. The van der Waals surface area contributed by atoms with Gasteiger partial charge in [-0.25, -0.2) is 0 Å². The molecule has 0 aromatic heterocycles. The van der Waals surface area contributed by atoms with Crippen LogP contribution in [-0.4, -0.2) is 43.8 Å². The first-order valence-corrected chi connectivity index (χ1v) is 6.95. The summed E-state index contributed by atoms with van der Waals surface area (Å²) >= 11 is 0. The van der Waals surface area contributed by atoms with E-state index in [9.17, 15) is 13.2 Å². The topological polar surface area (TPSA) is 15.3 Å². The lowest BCUT2D eigenvalue weighted by molar-refractivity contribution is -0.176. The van der Waals surface area contributed by atoms with Gasteiger partial charge >= 0.3 is 6.18 Å². The number of rotatable bonds is 2.